The van der Waals surface area contributed by atoms with Crippen LogP contribution in [0.4, 0.5) is 0 Å². The molecule has 4 heteroatoms. The third-order valence-corrected chi connectivity index (χ3v) is 3.10. The van der Waals surface area contributed by atoms with Gasteiger partial charge >= 0.3 is 0 Å². The minimum absolute atomic E-state index is 0. The molecule has 1 aliphatic rings. The lowest BCUT2D eigenvalue weighted by Gasteiger charge is -2.29. The van der Waals surface area contributed by atoms with Gasteiger partial charge in [0.05, 0.1) is 12.3 Å². The van der Waals surface area contributed by atoms with Crippen LogP contribution in [0.2, 0.25) is 0 Å². The normalized spacial score (nSPS) is 16.8. The first-order chi connectivity index (χ1) is 8.37. The molecule has 1 aromatic heterocycles. The van der Waals surface area contributed by atoms with E-state index < -0.39 is 0 Å². The fraction of sp³-hybridized carbons (Fsp3) is 0.600. The third-order valence-electron chi connectivity index (χ3n) is 3.10. The van der Waals surface area contributed by atoms with Gasteiger partial charge < -0.3 is 4.74 Å². The van der Waals surface area contributed by atoms with E-state index in [9.17, 15) is 4.79 Å². The van der Waals surface area contributed by atoms with Gasteiger partial charge in [0, 0.05) is 18.1 Å². The zero-order valence-electron chi connectivity index (χ0n) is 12.0. The Bertz CT molecular complexity index is 469. The molecule has 0 radical (unpaired) electrons. The van der Waals surface area contributed by atoms with E-state index in [1.807, 2.05) is 6.07 Å². The first-order valence-corrected chi connectivity index (χ1v) is 6.53. The number of carbonyl (C=O) groups excluding carboxylic acids is 1. The molecule has 3 nitrogen and oxygen atoms in total. The number of ketones is 1. The van der Waals surface area contributed by atoms with Crippen LogP contribution in [0, 0.1) is 11.3 Å². The highest BCUT2D eigenvalue weighted by atomic mass is 35.5. The number of Topliss-reactive ketones (excluding diaryl/α,β-unsaturated/α-hetero) is 1. The molecule has 1 aromatic rings. The van der Waals surface area contributed by atoms with Crippen LogP contribution in [0.15, 0.2) is 12.1 Å². The van der Waals surface area contributed by atoms with Gasteiger partial charge in [0.2, 0.25) is 5.88 Å². The fourth-order valence-electron chi connectivity index (χ4n) is 2.25. The molecule has 2 rings (SSSR count). The number of halogens is 1. The summed E-state index contributed by atoms with van der Waals surface area (Å²) >= 11 is 0. The Balaban J connectivity index is 0.00000180. The van der Waals surface area contributed by atoms with E-state index in [-0.39, 0.29) is 23.6 Å². The van der Waals surface area contributed by atoms with Gasteiger partial charge in [-0.2, -0.15) is 0 Å². The largest absolute Gasteiger partial charge is 0.477 e. The van der Waals surface area contributed by atoms with E-state index in [1.54, 1.807) is 6.07 Å². The molecule has 19 heavy (non-hydrogen) atoms. The Morgan fingerprint density at radius 1 is 1.32 bits per heavy atom. The summed E-state index contributed by atoms with van der Waals surface area (Å²) in [5.74, 6) is 1.30. The Morgan fingerprint density at radius 3 is 2.63 bits per heavy atom. The number of rotatable bonds is 3. The SMILES string of the molecule is CC(C)COc1ccc2c(n1)CC(C)(C)CC2=O.Cl. The lowest BCUT2D eigenvalue weighted by Crippen LogP contribution is -2.28. The second-order valence-electron chi connectivity index (χ2n) is 6.29. The topological polar surface area (TPSA) is 39.2 Å². The Hall–Kier alpha value is -1.09. The number of pyridine rings is 1. The van der Waals surface area contributed by atoms with Crippen LogP contribution in [0.25, 0.3) is 0 Å². The summed E-state index contributed by atoms with van der Waals surface area (Å²) in [5, 5.41) is 0. The minimum Gasteiger partial charge on any atom is -0.477 e. The van der Waals surface area contributed by atoms with E-state index in [1.165, 1.54) is 0 Å². The molecule has 0 fully saturated rings. The predicted octanol–water partition coefficient (Wildman–Crippen LogP) is 3.69. The number of nitrogens with zero attached hydrogens (tertiary/aromatic N) is 1. The maximum Gasteiger partial charge on any atom is 0.213 e. The molecule has 0 spiro atoms. The van der Waals surface area contributed by atoms with Crippen molar-refractivity contribution >= 4 is 18.2 Å². The molecular weight excluding hydrogens is 262 g/mol. The molecule has 106 valence electrons. The van der Waals surface area contributed by atoms with Crippen LogP contribution in [-0.4, -0.2) is 17.4 Å². The van der Waals surface area contributed by atoms with Crippen molar-refractivity contribution in [3.63, 3.8) is 0 Å². The molecule has 0 aromatic carbocycles. The van der Waals surface area contributed by atoms with Crippen LogP contribution in [0.1, 0.15) is 50.2 Å². The number of carbonyl (C=O) groups is 1. The number of hydrogen-bond donors (Lipinski definition) is 0. The summed E-state index contributed by atoms with van der Waals surface area (Å²) in [6.07, 6.45) is 1.45. The smallest absolute Gasteiger partial charge is 0.213 e. The molecule has 0 amide bonds. The Kier molecular flexibility index (Phi) is 4.97. The third kappa shape index (κ3) is 3.93. The fourth-order valence-corrected chi connectivity index (χ4v) is 2.25. The van der Waals surface area contributed by atoms with Crippen molar-refractivity contribution in [2.75, 3.05) is 6.61 Å². The Morgan fingerprint density at radius 2 is 2.00 bits per heavy atom. The number of fused-ring (bicyclic) bond motifs is 1. The van der Waals surface area contributed by atoms with Gasteiger partial charge in [0.1, 0.15) is 0 Å². The first kappa shape index (κ1) is 16.0. The summed E-state index contributed by atoms with van der Waals surface area (Å²) in [6, 6.07) is 3.66. The van der Waals surface area contributed by atoms with Gasteiger partial charge in [-0.3, -0.25) is 4.79 Å². The van der Waals surface area contributed by atoms with Gasteiger partial charge in [-0.05, 0) is 23.8 Å². The molecule has 0 N–H and O–H groups in total. The lowest BCUT2D eigenvalue weighted by molar-refractivity contribution is 0.0909. The van der Waals surface area contributed by atoms with Crippen molar-refractivity contribution < 1.29 is 9.53 Å². The van der Waals surface area contributed by atoms with Gasteiger partial charge in [-0.25, -0.2) is 4.98 Å². The van der Waals surface area contributed by atoms with Gasteiger partial charge in [0.15, 0.2) is 5.78 Å². The van der Waals surface area contributed by atoms with Gasteiger partial charge in [-0.15, -0.1) is 12.4 Å². The van der Waals surface area contributed by atoms with Crippen molar-refractivity contribution in [3.05, 3.63) is 23.4 Å². The first-order valence-electron chi connectivity index (χ1n) is 6.53. The molecule has 0 aliphatic heterocycles. The van der Waals surface area contributed by atoms with Crippen molar-refractivity contribution in [1.82, 2.24) is 4.98 Å². The van der Waals surface area contributed by atoms with Crippen molar-refractivity contribution in [2.24, 2.45) is 11.3 Å². The number of hydrogen-bond acceptors (Lipinski definition) is 3. The van der Waals surface area contributed by atoms with E-state index >= 15 is 0 Å². The zero-order valence-corrected chi connectivity index (χ0v) is 12.8. The average Bonchev–Trinajstić information content (AvgIpc) is 2.24. The minimum atomic E-state index is 0. The van der Waals surface area contributed by atoms with Gasteiger partial charge in [-0.1, -0.05) is 27.7 Å². The van der Waals surface area contributed by atoms with E-state index in [0.717, 1.165) is 17.7 Å². The van der Waals surface area contributed by atoms with Crippen molar-refractivity contribution in [1.29, 1.82) is 0 Å². The van der Waals surface area contributed by atoms with Crippen LogP contribution in [-0.2, 0) is 6.42 Å². The highest BCUT2D eigenvalue weighted by molar-refractivity contribution is 5.98. The van der Waals surface area contributed by atoms with Crippen LogP contribution < -0.4 is 4.74 Å². The standard InChI is InChI=1S/C15H21NO2.ClH/c1-10(2)9-18-14-6-5-11-12(16-14)7-15(3,4)8-13(11)17;/h5-6,10H,7-9H2,1-4H3;1H. The summed E-state index contributed by atoms with van der Waals surface area (Å²) in [4.78, 5) is 16.5. The summed E-state index contributed by atoms with van der Waals surface area (Å²) in [5.41, 5.74) is 1.66. The predicted molar refractivity (Wildman–Crippen MR) is 78.3 cm³/mol. The molecule has 1 heterocycles. The molecule has 1 aliphatic carbocycles. The van der Waals surface area contributed by atoms with E-state index in [4.69, 9.17) is 4.74 Å². The molecular formula is C15H22ClNO2. The summed E-state index contributed by atoms with van der Waals surface area (Å²) in [7, 11) is 0. The molecule has 0 unspecified atom stereocenters. The summed E-state index contributed by atoms with van der Waals surface area (Å²) in [6.45, 7) is 9.08. The summed E-state index contributed by atoms with van der Waals surface area (Å²) < 4.78 is 5.61. The monoisotopic (exact) mass is 283 g/mol. The van der Waals surface area contributed by atoms with Crippen molar-refractivity contribution in [3.8, 4) is 5.88 Å². The highest BCUT2D eigenvalue weighted by Gasteiger charge is 2.31. The molecule has 0 saturated heterocycles. The van der Waals surface area contributed by atoms with Crippen LogP contribution in [0.5, 0.6) is 5.88 Å². The second-order valence-corrected chi connectivity index (χ2v) is 6.29. The lowest BCUT2D eigenvalue weighted by atomic mass is 9.76. The maximum absolute atomic E-state index is 12.0. The molecule has 0 bridgehead atoms. The van der Waals surface area contributed by atoms with Gasteiger partial charge in [0.25, 0.3) is 0 Å². The maximum atomic E-state index is 12.0. The van der Waals surface area contributed by atoms with E-state index in [2.05, 4.69) is 32.7 Å². The number of aromatic nitrogens is 1. The quantitative estimate of drug-likeness (QED) is 0.849. The second kappa shape index (κ2) is 5.91. The van der Waals surface area contributed by atoms with Crippen LogP contribution >= 0.6 is 12.4 Å². The van der Waals surface area contributed by atoms with Crippen LogP contribution in [0.3, 0.4) is 0 Å². The molecule has 0 saturated carbocycles. The zero-order chi connectivity index (χ0) is 13.3. The average molecular weight is 284 g/mol. The molecule has 0 atom stereocenters. The number of ether oxygens (including phenoxy) is 1. The van der Waals surface area contributed by atoms with Crippen molar-refractivity contribution in [2.45, 2.75) is 40.5 Å². The van der Waals surface area contributed by atoms with E-state index in [0.29, 0.717) is 24.8 Å². The Labute approximate surface area is 121 Å². The highest BCUT2D eigenvalue weighted by Crippen LogP contribution is 2.34.